The molecule has 0 saturated carbocycles. The van der Waals surface area contributed by atoms with E-state index in [1.807, 2.05) is 0 Å². The smallest absolute Gasteiger partial charge is 0.267 e. The highest BCUT2D eigenvalue weighted by Crippen LogP contribution is 2.36. The van der Waals surface area contributed by atoms with Gasteiger partial charge in [-0.15, -0.1) is 0 Å². The van der Waals surface area contributed by atoms with Crippen molar-refractivity contribution in [2.24, 2.45) is 0 Å². The number of para-hydroxylation sites is 1. The van der Waals surface area contributed by atoms with Gasteiger partial charge in [0, 0.05) is 18.3 Å². The lowest BCUT2D eigenvalue weighted by molar-refractivity contribution is 0.0830. The van der Waals surface area contributed by atoms with Crippen LogP contribution in [0.2, 0.25) is 0 Å². The van der Waals surface area contributed by atoms with Gasteiger partial charge in [-0.05, 0) is 25.1 Å². The fraction of sp³-hybridized carbons (Fsp3) is 0.333. The second kappa shape index (κ2) is 8.91. The summed E-state index contributed by atoms with van der Waals surface area (Å²) in [6, 6.07) is 6.64. The zero-order valence-electron chi connectivity index (χ0n) is 14.9. The van der Waals surface area contributed by atoms with Gasteiger partial charge in [-0.25, -0.2) is 0 Å². The van der Waals surface area contributed by atoms with Gasteiger partial charge in [-0.2, -0.15) is 0 Å². The first-order valence-electron chi connectivity index (χ1n) is 7.95. The Kier molecular flexibility index (Phi) is 6.62. The van der Waals surface area contributed by atoms with Gasteiger partial charge in [-0.1, -0.05) is 6.07 Å². The SMILES string of the molecule is COc1cccc(OC)c1OCC(O)CNC(=O)c1cc(C(C)=O)c[nH]1. The van der Waals surface area contributed by atoms with Gasteiger partial charge in [0.15, 0.2) is 17.3 Å². The predicted octanol–water partition coefficient (Wildman–Crippen LogP) is 1.40. The average molecular weight is 362 g/mol. The number of Topliss-reactive ketones (excluding diaryl/α,β-unsaturated/α-hetero) is 1. The summed E-state index contributed by atoms with van der Waals surface area (Å²) in [5, 5.41) is 12.6. The summed E-state index contributed by atoms with van der Waals surface area (Å²) in [6.45, 7) is 1.32. The van der Waals surface area contributed by atoms with Crippen LogP contribution in [-0.2, 0) is 0 Å². The molecule has 0 spiro atoms. The number of methoxy groups -OCH3 is 2. The summed E-state index contributed by atoms with van der Waals surface area (Å²) < 4.78 is 16.0. The first-order chi connectivity index (χ1) is 12.5. The lowest BCUT2D eigenvalue weighted by atomic mass is 10.2. The largest absolute Gasteiger partial charge is 0.493 e. The second-order valence-electron chi connectivity index (χ2n) is 5.52. The third-order valence-corrected chi connectivity index (χ3v) is 3.64. The van der Waals surface area contributed by atoms with Crippen LogP contribution < -0.4 is 19.5 Å². The van der Waals surface area contributed by atoms with Crippen LogP contribution in [0.15, 0.2) is 30.5 Å². The van der Waals surface area contributed by atoms with Crippen LogP contribution in [0.1, 0.15) is 27.8 Å². The number of aliphatic hydroxyl groups excluding tert-OH is 1. The van der Waals surface area contributed by atoms with E-state index in [4.69, 9.17) is 14.2 Å². The van der Waals surface area contributed by atoms with Crippen molar-refractivity contribution < 1.29 is 28.9 Å². The highest BCUT2D eigenvalue weighted by atomic mass is 16.5. The molecule has 2 rings (SSSR count). The number of rotatable bonds is 9. The summed E-state index contributed by atoms with van der Waals surface area (Å²) in [5.41, 5.74) is 0.664. The number of ether oxygens (including phenoxy) is 3. The Labute approximate surface area is 151 Å². The molecule has 1 atom stereocenters. The number of hydrogen-bond acceptors (Lipinski definition) is 6. The molecule has 0 saturated heterocycles. The minimum absolute atomic E-state index is 0.0231. The molecule has 140 valence electrons. The van der Waals surface area contributed by atoms with Crippen LogP contribution in [-0.4, -0.2) is 55.3 Å². The van der Waals surface area contributed by atoms with E-state index >= 15 is 0 Å². The lowest BCUT2D eigenvalue weighted by Gasteiger charge is -2.17. The summed E-state index contributed by atoms with van der Waals surface area (Å²) in [6.07, 6.45) is 0.515. The van der Waals surface area contributed by atoms with E-state index in [1.54, 1.807) is 18.2 Å². The standard InChI is InChI=1S/C18H22N2O6/c1-11(21)12-7-14(19-8-12)18(23)20-9-13(22)10-26-17-15(24-2)5-4-6-16(17)25-3/h4-8,13,19,22H,9-10H2,1-3H3,(H,20,23). The van der Waals surface area contributed by atoms with E-state index in [2.05, 4.69) is 10.3 Å². The molecule has 1 aromatic heterocycles. The van der Waals surface area contributed by atoms with Gasteiger partial charge in [-0.3, -0.25) is 9.59 Å². The molecule has 0 fully saturated rings. The molecular formula is C18H22N2O6. The van der Waals surface area contributed by atoms with Crippen LogP contribution >= 0.6 is 0 Å². The number of aromatic nitrogens is 1. The van der Waals surface area contributed by atoms with Crippen molar-refractivity contribution in [3.05, 3.63) is 41.7 Å². The van der Waals surface area contributed by atoms with Crippen molar-refractivity contribution in [3.8, 4) is 17.2 Å². The first-order valence-corrected chi connectivity index (χ1v) is 7.95. The Balaban J connectivity index is 1.88. The molecule has 1 unspecified atom stereocenters. The van der Waals surface area contributed by atoms with Crippen LogP contribution in [0.25, 0.3) is 0 Å². The number of nitrogens with one attached hydrogen (secondary N) is 2. The number of aromatic amines is 1. The van der Waals surface area contributed by atoms with Crippen molar-refractivity contribution >= 4 is 11.7 Å². The van der Waals surface area contributed by atoms with E-state index in [0.717, 1.165) is 0 Å². The highest BCUT2D eigenvalue weighted by molar-refractivity contribution is 5.99. The molecule has 0 bridgehead atoms. The minimum atomic E-state index is -0.948. The van der Waals surface area contributed by atoms with Crippen molar-refractivity contribution in [1.29, 1.82) is 0 Å². The van der Waals surface area contributed by atoms with E-state index in [1.165, 1.54) is 33.4 Å². The van der Waals surface area contributed by atoms with E-state index < -0.39 is 12.0 Å². The minimum Gasteiger partial charge on any atom is -0.493 e. The van der Waals surface area contributed by atoms with Crippen molar-refractivity contribution in [3.63, 3.8) is 0 Å². The van der Waals surface area contributed by atoms with Gasteiger partial charge in [0.1, 0.15) is 18.4 Å². The Morgan fingerprint density at radius 1 is 1.23 bits per heavy atom. The molecule has 26 heavy (non-hydrogen) atoms. The topological polar surface area (TPSA) is 110 Å². The maximum Gasteiger partial charge on any atom is 0.267 e. The maximum atomic E-state index is 12.0. The van der Waals surface area contributed by atoms with E-state index in [-0.39, 0.29) is 24.6 Å². The number of carbonyl (C=O) groups excluding carboxylic acids is 2. The molecule has 0 aliphatic heterocycles. The average Bonchev–Trinajstić information content (AvgIpc) is 3.14. The summed E-state index contributed by atoms with van der Waals surface area (Å²) >= 11 is 0. The van der Waals surface area contributed by atoms with Gasteiger partial charge in [0.2, 0.25) is 5.75 Å². The lowest BCUT2D eigenvalue weighted by Crippen LogP contribution is -2.35. The number of hydrogen-bond donors (Lipinski definition) is 3. The van der Waals surface area contributed by atoms with Crippen molar-refractivity contribution in [2.75, 3.05) is 27.4 Å². The molecule has 8 nitrogen and oxygen atoms in total. The van der Waals surface area contributed by atoms with Crippen LogP contribution in [0.5, 0.6) is 17.2 Å². The van der Waals surface area contributed by atoms with E-state index in [9.17, 15) is 14.7 Å². The monoisotopic (exact) mass is 362 g/mol. The summed E-state index contributed by atoms with van der Waals surface area (Å²) in [7, 11) is 3.01. The fourth-order valence-electron chi connectivity index (χ4n) is 2.23. The normalized spacial score (nSPS) is 11.5. The zero-order chi connectivity index (χ0) is 19.1. The Morgan fingerprint density at radius 3 is 2.42 bits per heavy atom. The van der Waals surface area contributed by atoms with Crippen molar-refractivity contribution in [2.45, 2.75) is 13.0 Å². The number of benzene rings is 1. The third kappa shape index (κ3) is 4.76. The number of amides is 1. The number of H-pyrrole nitrogens is 1. The van der Waals surface area contributed by atoms with Gasteiger partial charge < -0.3 is 29.6 Å². The van der Waals surface area contributed by atoms with Crippen LogP contribution in [0.3, 0.4) is 0 Å². The fourth-order valence-corrected chi connectivity index (χ4v) is 2.23. The second-order valence-corrected chi connectivity index (χ2v) is 5.52. The maximum absolute atomic E-state index is 12.0. The quantitative estimate of drug-likeness (QED) is 0.582. The summed E-state index contributed by atoms with van der Waals surface area (Å²) in [5.74, 6) is 0.761. The zero-order valence-corrected chi connectivity index (χ0v) is 14.9. The Bertz CT molecular complexity index is 749. The molecule has 1 amide bonds. The van der Waals surface area contributed by atoms with Crippen molar-refractivity contribution in [1.82, 2.24) is 10.3 Å². The molecule has 1 aromatic carbocycles. The third-order valence-electron chi connectivity index (χ3n) is 3.64. The van der Waals surface area contributed by atoms with Gasteiger partial charge in [0.25, 0.3) is 5.91 Å². The van der Waals surface area contributed by atoms with Gasteiger partial charge in [0.05, 0.1) is 14.2 Å². The molecule has 1 heterocycles. The van der Waals surface area contributed by atoms with E-state index in [0.29, 0.717) is 22.8 Å². The van der Waals surface area contributed by atoms with Gasteiger partial charge >= 0.3 is 0 Å². The molecular weight excluding hydrogens is 340 g/mol. The number of carbonyl (C=O) groups is 2. The predicted molar refractivity (Wildman–Crippen MR) is 94.2 cm³/mol. The van der Waals surface area contributed by atoms with Crippen LogP contribution in [0.4, 0.5) is 0 Å². The summed E-state index contributed by atoms with van der Waals surface area (Å²) in [4.78, 5) is 26.0. The molecule has 2 aromatic rings. The number of aliphatic hydroxyl groups is 1. The number of ketones is 1. The highest BCUT2D eigenvalue weighted by Gasteiger charge is 2.16. The van der Waals surface area contributed by atoms with Crippen LogP contribution in [0, 0.1) is 0 Å². The molecule has 0 aliphatic carbocycles. The molecule has 0 radical (unpaired) electrons. The molecule has 0 aliphatic rings. The Hall–Kier alpha value is -3.00. The Morgan fingerprint density at radius 2 is 1.88 bits per heavy atom. The first kappa shape index (κ1) is 19.3. The molecule has 3 N–H and O–H groups in total. The molecule has 8 heteroatoms.